The smallest absolute Gasteiger partial charge is 0.408 e. The van der Waals surface area contributed by atoms with E-state index in [1.54, 1.807) is 51.1 Å². The predicted molar refractivity (Wildman–Crippen MR) is 169 cm³/mol. The monoisotopic (exact) mass is 676 g/mol. The average Bonchev–Trinajstić information content (AvgIpc) is 3.92. The number of esters is 1. The Balaban J connectivity index is 1.27. The molecule has 3 aliphatic rings. The molecule has 1 aliphatic heterocycles. The highest BCUT2D eigenvalue weighted by Gasteiger charge is 2.45. The zero-order valence-corrected chi connectivity index (χ0v) is 27.7. The van der Waals surface area contributed by atoms with Crippen LogP contribution in [0.4, 0.5) is 4.79 Å². The SMILES string of the molecule is CC(C)(C)OC(=O)N[C@@H](COCCC/C=C\[C@@H]1C[C@@H]1C(=O)NS(=O)(=O)C1CC1)C(=O)N1C[C@H](OC(=O)c2ccccc2)C[C@H]1C(N)=O. The number of allylic oxidation sites excluding steroid dienone is 2. The summed E-state index contributed by atoms with van der Waals surface area (Å²) in [6.45, 7) is 4.93. The molecule has 4 rings (SSSR count). The van der Waals surface area contributed by atoms with Gasteiger partial charge < -0.3 is 30.2 Å². The van der Waals surface area contributed by atoms with Crippen molar-refractivity contribution in [1.82, 2.24) is 14.9 Å². The Morgan fingerprint density at radius 2 is 1.79 bits per heavy atom. The lowest BCUT2D eigenvalue weighted by Crippen LogP contribution is -2.55. The Labute approximate surface area is 274 Å². The fraction of sp³-hybridized carbons (Fsp3) is 0.594. The quantitative estimate of drug-likeness (QED) is 0.140. The number of nitrogens with two attached hydrogens (primary N) is 1. The topological polar surface area (TPSA) is 200 Å². The van der Waals surface area contributed by atoms with E-state index < -0.39 is 68.8 Å². The van der Waals surface area contributed by atoms with Crippen LogP contribution in [0.2, 0.25) is 0 Å². The number of nitrogens with zero attached hydrogens (tertiary/aromatic N) is 1. The molecule has 0 bridgehead atoms. The van der Waals surface area contributed by atoms with Gasteiger partial charge in [-0.3, -0.25) is 19.1 Å². The molecule has 2 saturated carbocycles. The van der Waals surface area contributed by atoms with Crippen molar-refractivity contribution < 1.29 is 46.6 Å². The van der Waals surface area contributed by atoms with Gasteiger partial charge in [0.1, 0.15) is 23.8 Å². The van der Waals surface area contributed by atoms with Gasteiger partial charge in [0.05, 0.1) is 24.0 Å². The van der Waals surface area contributed by atoms with E-state index >= 15 is 0 Å². The van der Waals surface area contributed by atoms with Gasteiger partial charge in [-0.05, 0) is 70.9 Å². The van der Waals surface area contributed by atoms with E-state index in [4.69, 9.17) is 19.9 Å². The minimum Gasteiger partial charge on any atom is -0.457 e. The number of carbonyl (C=O) groups excluding carboxylic acids is 5. The van der Waals surface area contributed by atoms with Crippen LogP contribution in [-0.2, 0) is 38.6 Å². The number of sulfonamides is 1. The first kappa shape index (κ1) is 35.9. The first-order valence-corrected chi connectivity index (χ1v) is 17.3. The zero-order chi connectivity index (χ0) is 34.4. The fourth-order valence-electron chi connectivity index (χ4n) is 5.20. The molecule has 1 aromatic rings. The second kappa shape index (κ2) is 15.3. The Hall–Kier alpha value is -3.98. The lowest BCUT2D eigenvalue weighted by molar-refractivity contribution is -0.140. The van der Waals surface area contributed by atoms with Crippen LogP contribution in [0.15, 0.2) is 42.5 Å². The van der Waals surface area contributed by atoms with Crippen molar-refractivity contribution in [2.45, 2.75) is 88.3 Å². The highest BCUT2D eigenvalue weighted by molar-refractivity contribution is 7.90. The third-order valence-electron chi connectivity index (χ3n) is 7.86. The summed E-state index contributed by atoms with van der Waals surface area (Å²) in [5.41, 5.74) is 5.09. The van der Waals surface area contributed by atoms with Crippen molar-refractivity contribution in [3.8, 4) is 0 Å². The van der Waals surface area contributed by atoms with Crippen molar-refractivity contribution in [3.05, 3.63) is 48.0 Å². The van der Waals surface area contributed by atoms with Gasteiger partial charge in [-0.2, -0.15) is 0 Å². The summed E-state index contributed by atoms with van der Waals surface area (Å²) in [4.78, 5) is 64.6. The molecule has 4 amide bonds. The number of ether oxygens (including phenoxy) is 3. The molecular weight excluding hydrogens is 632 g/mol. The number of carbonyl (C=O) groups is 5. The molecule has 2 aliphatic carbocycles. The van der Waals surface area contributed by atoms with Crippen LogP contribution in [0.3, 0.4) is 0 Å². The molecule has 1 heterocycles. The summed E-state index contributed by atoms with van der Waals surface area (Å²) >= 11 is 0. The maximum atomic E-state index is 13.7. The van der Waals surface area contributed by atoms with E-state index in [-0.39, 0.29) is 38.0 Å². The number of alkyl carbamates (subject to hydrolysis) is 1. The lowest BCUT2D eigenvalue weighted by Gasteiger charge is -2.28. The fourth-order valence-corrected chi connectivity index (χ4v) is 6.55. The first-order chi connectivity index (χ1) is 22.1. The van der Waals surface area contributed by atoms with Gasteiger partial charge in [0.15, 0.2) is 0 Å². The molecule has 0 radical (unpaired) electrons. The second-order valence-electron chi connectivity index (χ2n) is 13.1. The summed E-state index contributed by atoms with van der Waals surface area (Å²) in [7, 11) is -3.56. The Bertz CT molecular complexity index is 1460. The average molecular weight is 677 g/mol. The third-order valence-corrected chi connectivity index (χ3v) is 9.69. The van der Waals surface area contributed by atoms with Crippen LogP contribution in [0, 0.1) is 11.8 Å². The Morgan fingerprint density at radius 3 is 2.43 bits per heavy atom. The van der Waals surface area contributed by atoms with Gasteiger partial charge in [0.2, 0.25) is 27.7 Å². The molecule has 1 saturated heterocycles. The number of rotatable bonds is 15. The van der Waals surface area contributed by atoms with Crippen LogP contribution >= 0.6 is 0 Å². The molecule has 47 heavy (non-hydrogen) atoms. The van der Waals surface area contributed by atoms with Crippen molar-refractivity contribution in [2.75, 3.05) is 19.8 Å². The number of primary amides is 1. The standard InChI is InChI=1S/C32H44N4O10S/c1-32(2,3)46-31(41)34-25(19-44-15-9-5-8-12-21-16-24(21)28(38)35-47(42,43)23-13-14-23)29(39)36-18-22(17-26(36)27(33)37)45-30(40)20-10-6-4-7-11-20/h4,6-8,10-12,21-26H,5,9,13-19H2,1-3H3,(H2,33,37)(H,34,41)(H,35,38)/b12-8-/t21-,22-,24+,25+,26+/m1/s1. The van der Waals surface area contributed by atoms with Crippen LogP contribution in [0.1, 0.15) is 69.7 Å². The summed E-state index contributed by atoms with van der Waals surface area (Å²) < 4.78 is 42.8. The van der Waals surface area contributed by atoms with Crippen LogP contribution < -0.4 is 15.8 Å². The number of nitrogens with one attached hydrogen (secondary N) is 2. The molecule has 258 valence electrons. The minimum atomic E-state index is -3.56. The molecule has 14 nitrogen and oxygen atoms in total. The maximum absolute atomic E-state index is 13.7. The van der Waals surface area contributed by atoms with Gasteiger partial charge in [-0.1, -0.05) is 30.4 Å². The third kappa shape index (κ3) is 10.8. The molecular formula is C32H44N4O10S. The van der Waals surface area contributed by atoms with E-state index in [1.807, 2.05) is 12.2 Å². The molecule has 4 N–H and O–H groups in total. The number of amides is 4. The predicted octanol–water partition coefficient (Wildman–Crippen LogP) is 1.79. The minimum absolute atomic E-state index is 0.00579. The maximum Gasteiger partial charge on any atom is 0.408 e. The Morgan fingerprint density at radius 1 is 1.09 bits per heavy atom. The number of likely N-dealkylation sites (tertiary alicyclic amines) is 1. The van der Waals surface area contributed by atoms with Crippen LogP contribution in [0.5, 0.6) is 0 Å². The second-order valence-corrected chi connectivity index (χ2v) is 15.1. The van der Waals surface area contributed by atoms with Gasteiger partial charge in [-0.25, -0.2) is 18.0 Å². The molecule has 15 heteroatoms. The van der Waals surface area contributed by atoms with Crippen molar-refractivity contribution in [1.29, 1.82) is 0 Å². The van der Waals surface area contributed by atoms with E-state index in [1.165, 1.54) is 4.90 Å². The zero-order valence-electron chi connectivity index (χ0n) is 26.9. The number of benzene rings is 1. The number of hydrogen-bond acceptors (Lipinski definition) is 10. The van der Waals surface area contributed by atoms with Crippen LogP contribution in [-0.4, -0.2) is 91.9 Å². The Kier molecular flexibility index (Phi) is 11.7. The molecule has 0 unspecified atom stereocenters. The van der Waals surface area contributed by atoms with E-state index in [9.17, 15) is 32.4 Å². The van der Waals surface area contributed by atoms with Crippen molar-refractivity contribution in [3.63, 3.8) is 0 Å². The first-order valence-electron chi connectivity index (χ1n) is 15.8. The highest BCUT2D eigenvalue weighted by Crippen LogP contribution is 2.40. The van der Waals surface area contributed by atoms with Crippen molar-refractivity contribution >= 4 is 39.8 Å². The molecule has 1 aromatic carbocycles. The normalized spacial score (nSPS) is 23.2. The van der Waals surface area contributed by atoms with Crippen LogP contribution in [0.25, 0.3) is 0 Å². The van der Waals surface area contributed by atoms with Gasteiger partial charge in [0, 0.05) is 18.9 Å². The highest BCUT2D eigenvalue weighted by atomic mass is 32.2. The number of hydrogen-bond donors (Lipinski definition) is 3. The largest absolute Gasteiger partial charge is 0.457 e. The van der Waals surface area contributed by atoms with E-state index in [2.05, 4.69) is 10.0 Å². The molecule has 0 aromatic heterocycles. The summed E-state index contributed by atoms with van der Waals surface area (Å²) in [6, 6.07) is 6.03. The van der Waals surface area contributed by atoms with Gasteiger partial charge in [0.25, 0.3) is 0 Å². The van der Waals surface area contributed by atoms with Gasteiger partial charge >= 0.3 is 12.1 Å². The molecule has 0 spiro atoms. The van der Waals surface area contributed by atoms with E-state index in [0.717, 1.165) is 0 Å². The summed E-state index contributed by atoms with van der Waals surface area (Å²) in [5.74, 6) is -2.84. The lowest BCUT2D eigenvalue weighted by atomic mass is 10.1. The van der Waals surface area contributed by atoms with Gasteiger partial charge in [-0.15, -0.1) is 0 Å². The summed E-state index contributed by atoms with van der Waals surface area (Å²) in [5, 5.41) is 2.08. The van der Waals surface area contributed by atoms with E-state index in [0.29, 0.717) is 37.7 Å². The number of unbranched alkanes of at least 4 members (excludes halogenated alkanes) is 1. The summed E-state index contributed by atoms with van der Waals surface area (Å²) in [6.07, 6.45) is 5.09. The molecule has 5 atom stereocenters. The molecule has 3 fully saturated rings. The van der Waals surface area contributed by atoms with Crippen molar-refractivity contribution in [2.24, 2.45) is 17.6 Å².